The third-order valence-corrected chi connectivity index (χ3v) is 2.62. The van der Waals surface area contributed by atoms with Crippen LogP contribution >= 0.6 is 15.9 Å². The molecule has 0 amide bonds. The standard InChI is InChI=1S/C9H8BrF2N/c10-7-2-1-6-4-13-5-9(11,12)8(6)3-7/h1-3,13H,4-5H2. The fourth-order valence-electron chi connectivity index (χ4n) is 1.49. The molecule has 2 rings (SSSR count). The minimum atomic E-state index is -2.74. The normalized spacial score (nSPS) is 19.6. The van der Waals surface area contributed by atoms with Gasteiger partial charge in [-0.25, -0.2) is 0 Å². The lowest BCUT2D eigenvalue weighted by atomic mass is 9.98. The lowest BCUT2D eigenvalue weighted by molar-refractivity contribution is -0.0108. The van der Waals surface area contributed by atoms with Crippen molar-refractivity contribution in [2.75, 3.05) is 6.54 Å². The number of hydrogen-bond donors (Lipinski definition) is 1. The average Bonchev–Trinajstić information content (AvgIpc) is 2.06. The Balaban J connectivity index is 2.55. The summed E-state index contributed by atoms with van der Waals surface area (Å²) in [6.07, 6.45) is 0. The maximum absolute atomic E-state index is 13.3. The molecule has 0 saturated heterocycles. The van der Waals surface area contributed by atoms with Crippen LogP contribution in [0, 0.1) is 0 Å². The quantitative estimate of drug-likeness (QED) is 0.744. The van der Waals surface area contributed by atoms with E-state index in [9.17, 15) is 8.78 Å². The lowest BCUT2D eigenvalue weighted by Gasteiger charge is -2.26. The van der Waals surface area contributed by atoms with Crippen LogP contribution in [0.3, 0.4) is 0 Å². The number of benzene rings is 1. The Labute approximate surface area is 83.3 Å². The summed E-state index contributed by atoms with van der Waals surface area (Å²) in [4.78, 5) is 0. The van der Waals surface area contributed by atoms with Crippen LogP contribution in [0.25, 0.3) is 0 Å². The minimum absolute atomic E-state index is 0.139. The zero-order valence-corrected chi connectivity index (χ0v) is 8.37. The number of hydrogen-bond acceptors (Lipinski definition) is 1. The van der Waals surface area contributed by atoms with Gasteiger partial charge in [0.05, 0.1) is 6.54 Å². The van der Waals surface area contributed by atoms with E-state index in [1.54, 1.807) is 12.1 Å². The van der Waals surface area contributed by atoms with Gasteiger partial charge in [-0.3, -0.25) is 0 Å². The molecule has 0 saturated carbocycles. The van der Waals surface area contributed by atoms with Crippen molar-refractivity contribution in [2.45, 2.75) is 12.5 Å². The Morgan fingerprint density at radius 1 is 1.38 bits per heavy atom. The first-order valence-corrected chi connectivity index (χ1v) is 4.76. The van der Waals surface area contributed by atoms with Crippen LogP contribution in [-0.2, 0) is 12.5 Å². The predicted octanol–water partition coefficient (Wildman–Crippen LogP) is 2.64. The Kier molecular flexibility index (Phi) is 2.12. The van der Waals surface area contributed by atoms with Gasteiger partial charge in [0.25, 0.3) is 5.92 Å². The van der Waals surface area contributed by atoms with Crippen molar-refractivity contribution in [2.24, 2.45) is 0 Å². The van der Waals surface area contributed by atoms with E-state index in [1.165, 1.54) is 6.07 Å². The summed E-state index contributed by atoms with van der Waals surface area (Å²) in [5.74, 6) is -2.74. The van der Waals surface area contributed by atoms with Crippen molar-refractivity contribution in [1.82, 2.24) is 5.32 Å². The summed E-state index contributed by atoms with van der Waals surface area (Å²) in [6.45, 7) is 0.259. The molecule has 1 aliphatic heterocycles. The van der Waals surface area contributed by atoms with Crippen LogP contribution in [0.4, 0.5) is 8.78 Å². The zero-order chi connectivity index (χ0) is 9.47. The Morgan fingerprint density at radius 3 is 2.92 bits per heavy atom. The van der Waals surface area contributed by atoms with Crippen molar-refractivity contribution < 1.29 is 8.78 Å². The van der Waals surface area contributed by atoms with Crippen LogP contribution in [0.5, 0.6) is 0 Å². The Hall–Kier alpha value is -0.480. The summed E-state index contributed by atoms with van der Waals surface area (Å²) in [5, 5.41) is 2.69. The largest absolute Gasteiger partial charge is 0.307 e. The molecule has 0 atom stereocenters. The van der Waals surface area contributed by atoms with Gasteiger partial charge in [0, 0.05) is 16.6 Å². The van der Waals surface area contributed by atoms with Gasteiger partial charge in [-0.15, -0.1) is 0 Å². The molecule has 1 nitrogen and oxygen atoms in total. The van der Waals surface area contributed by atoms with Gasteiger partial charge in [-0.05, 0) is 17.7 Å². The monoisotopic (exact) mass is 247 g/mol. The number of rotatable bonds is 0. The van der Waals surface area contributed by atoms with Crippen molar-refractivity contribution in [3.63, 3.8) is 0 Å². The molecule has 1 aliphatic rings. The highest BCUT2D eigenvalue weighted by atomic mass is 79.9. The van der Waals surface area contributed by atoms with E-state index in [-0.39, 0.29) is 12.1 Å². The molecule has 1 heterocycles. The summed E-state index contributed by atoms with van der Waals surface area (Å²) < 4.78 is 27.3. The Bertz CT molecular complexity index is 338. The molecule has 0 aliphatic carbocycles. The first-order chi connectivity index (χ1) is 6.09. The highest BCUT2D eigenvalue weighted by molar-refractivity contribution is 9.10. The van der Waals surface area contributed by atoms with Gasteiger partial charge in [-0.2, -0.15) is 8.78 Å². The number of fused-ring (bicyclic) bond motifs is 1. The molecule has 1 aromatic carbocycles. The zero-order valence-electron chi connectivity index (χ0n) is 6.78. The molecular weight excluding hydrogens is 240 g/mol. The molecule has 4 heteroatoms. The summed E-state index contributed by atoms with van der Waals surface area (Å²) >= 11 is 3.19. The fourth-order valence-corrected chi connectivity index (χ4v) is 1.85. The highest BCUT2D eigenvalue weighted by Crippen LogP contribution is 2.34. The van der Waals surface area contributed by atoms with E-state index < -0.39 is 5.92 Å². The second-order valence-electron chi connectivity index (χ2n) is 3.11. The molecular formula is C9H8BrF2N. The predicted molar refractivity (Wildman–Crippen MR) is 49.7 cm³/mol. The van der Waals surface area contributed by atoms with E-state index in [0.717, 1.165) is 0 Å². The maximum Gasteiger partial charge on any atom is 0.285 e. The number of nitrogens with one attached hydrogen (secondary N) is 1. The van der Waals surface area contributed by atoms with Gasteiger partial charge in [0.2, 0.25) is 0 Å². The van der Waals surface area contributed by atoms with E-state index in [2.05, 4.69) is 21.2 Å². The smallest absolute Gasteiger partial charge is 0.285 e. The lowest BCUT2D eigenvalue weighted by Crippen LogP contribution is -2.36. The Morgan fingerprint density at radius 2 is 2.15 bits per heavy atom. The van der Waals surface area contributed by atoms with Gasteiger partial charge in [-0.1, -0.05) is 22.0 Å². The van der Waals surface area contributed by atoms with Crippen LogP contribution in [0.2, 0.25) is 0 Å². The fraction of sp³-hybridized carbons (Fsp3) is 0.333. The molecule has 0 aromatic heterocycles. The van der Waals surface area contributed by atoms with E-state index in [4.69, 9.17) is 0 Å². The van der Waals surface area contributed by atoms with Crippen molar-refractivity contribution in [1.29, 1.82) is 0 Å². The van der Waals surface area contributed by atoms with Gasteiger partial charge in [0.15, 0.2) is 0 Å². The molecule has 1 aromatic rings. The maximum atomic E-state index is 13.3. The van der Waals surface area contributed by atoms with Crippen LogP contribution in [0.15, 0.2) is 22.7 Å². The first-order valence-electron chi connectivity index (χ1n) is 3.97. The summed E-state index contributed by atoms with van der Waals surface area (Å²) in [6, 6.07) is 5.00. The molecule has 1 N–H and O–H groups in total. The van der Waals surface area contributed by atoms with Crippen LogP contribution in [0.1, 0.15) is 11.1 Å². The minimum Gasteiger partial charge on any atom is -0.307 e. The van der Waals surface area contributed by atoms with E-state index in [0.29, 0.717) is 16.6 Å². The SMILES string of the molecule is FC1(F)CNCc2ccc(Br)cc21. The molecule has 70 valence electrons. The molecule has 0 radical (unpaired) electrons. The van der Waals surface area contributed by atoms with Crippen molar-refractivity contribution in [3.05, 3.63) is 33.8 Å². The van der Waals surface area contributed by atoms with Crippen LogP contribution < -0.4 is 5.32 Å². The van der Waals surface area contributed by atoms with E-state index in [1.807, 2.05) is 0 Å². The molecule has 0 fully saturated rings. The molecule has 0 spiro atoms. The molecule has 0 unspecified atom stereocenters. The van der Waals surface area contributed by atoms with E-state index >= 15 is 0 Å². The topological polar surface area (TPSA) is 12.0 Å². The third-order valence-electron chi connectivity index (χ3n) is 2.13. The van der Waals surface area contributed by atoms with Crippen LogP contribution in [-0.4, -0.2) is 6.54 Å². The second kappa shape index (κ2) is 3.03. The number of halogens is 3. The molecule has 0 bridgehead atoms. The van der Waals surface area contributed by atoms with Crippen molar-refractivity contribution >= 4 is 15.9 Å². The summed E-state index contributed by atoms with van der Waals surface area (Å²) in [5.41, 5.74) is 0.820. The second-order valence-corrected chi connectivity index (χ2v) is 4.03. The van der Waals surface area contributed by atoms with Gasteiger partial charge < -0.3 is 5.32 Å². The average molecular weight is 248 g/mol. The molecule has 13 heavy (non-hydrogen) atoms. The third kappa shape index (κ3) is 1.60. The summed E-state index contributed by atoms with van der Waals surface area (Å²) in [7, 11) is 0. The number of alkyl halides is 2. The van der Waals surface area contributed by atoms with Gasteiger partial charge in [0.1, 0.15) is 0 Å². The van der Waals surface area contributed by atoms with Crippen molar-refractivity contribution in [3.8, 4) is 0 Å². The first kappa shape index (κ1) is 9.09. The highest BCUT2D eigenvalue weighted by Gasteiger charge is 2.36. The van der Waals surface area contributed by atoms with Gasteiger partial charge >= 0.3 is 0 Å².